The lowest BCUT2D eigenvalue weighted by Crippen LogP contribution is -2.13. The Morgan fingerprint density at radius 1 is 1.09 bits per heavy atom. The minimum atomic E-state index is 0.0292. The summed E-state index contributed by atoms with van der Waals surface area (Å²) in [7, 11) is 0. The molecule has 3 nitrogen and oxygen atoms in total. The van der Waals surface area contributed by atoms with E-state index in [2.05, 4.69) is 5.32 Å². The van der Waals surface area contributed by atoms with Crippen molar-refractivity contribution in [3.8, 4) is 5.75 Å². The van der Waals surface area contributed by atoms with Crippen molar-refractivity contribution in [1.82, 2.24) is 0 Å². The minimum absolute atomic E-state index is 0.0292. The lowest BCUT2D eigenvalue weighted by Gasteiger charge is -2.10. The lowest BCUT2D eigenvalue weighted by atomic mass is 10.1. The van der Waals surface area contributed by atoms with E-state index in [0.29, 0.717) is 19.4 Å². The van der Waals surface area contributed by atoms with Crippen molar-refractivity contribution in [2.24, 2.45) is 0 Å². The first-order valence-corrected chi connectivity index (χ1v) is 7.62. The van der Waals surface area contributed by atoms with Gasteiger partial charge in [0.05, 0.1) is 6.61 Å². The molecule has 2 aromatic rings. The van der Waals surface area contributed by atoms with E-state index in [4.69, 9.17) is 4.74 Å². The first-order chi connectivity index (χ1) is 10.6. The average Bonchev–Trinajstić information content (AvgIpc) is 2.49. The van der Waals surface area contributed by atoms with Crippen LogP contribution in [-0.4, -0.2) is 12.5 Å². The zero-order valence-electron chi connectivity index (χ0n) is 13.5. The van der Waals surface area contributed by atoms with Gasteiger partial charge in [-0.2, -0.15) is 0 Å². The number of anilines is 1. The van der Waals surface area contributed by atoms with Crippen molar-refractivity contribution < 1.29 is 9.53 Å². The summed E-state index contributed by atoms with van der Waals surface area (Å²) in [4.78, 5) is 12.0. The summed E-state index contributed by atoms with van der Waals surface area (Å²) in [6.45, 7) is 6.64. The summed E-state index contributed by atoms with van der Waals surface area (Å²) >= 11 is 0. The molecule has 2 rings (SSSR count). The fraction of sp³-hybridized carbons (Fsp3) is 0.316. The zero-order chi connectivity index (χ0) is 15.9. The average molecular weight is 297 g/mol. The Morgan fingerprint density at radius 2 is 1.86 bits per heavy atom. The van der Waals surface area contributed by atoms with Gasteiger partial charge in [-0.3, -0.25) is 4.79 Å². The smallest absolute Gasteiger partial charge is 0.224 e. The van der Waals surface area contributed by atoms with Gasteiger partial charge in [0, 0.05) is 12.1 Å². The van der Waals surface area contributed by atoms with Crippen LogP contribution >= 0.6 is 0 Å². The number of amides is 1. The highest BCUT2D eigenvalue weighted by Crippen LogP contribution is 2.18. The Bertz CT molecular complexity index is 650. The molecule has 0 bridgehead atoms. The van der Waals surface area contributed by atoms with Crippen LogP contribution in [0.5, 0.6) is 5.75 Å². The summed E-state index contributed by atoms with van der Waals surface area (Å²) < 4.78 is 5.65. The molecule has 0 heterocycles. The number of aryl methyl sites for hydroxylation is 2. The Labute approximate surface area is 132 Å². The number of hydrogen-bond acceptors (Lipinski definition) is 2. The molecule has 0 atom stereocenters. The molecule has 0 aliphatic heterocycles. The maximum Gasteiger partial charge on any atom is 0.224 e. The summed E-state index contributed by atoms with van der Waals surface area (Å²) in [5.41, 5.74) is 4.36. The van der Waals surface area contributed by atoms with E-state index in [1.807, 2.05) is 63.2 Å². The van der Waals surface area contributed by atoms with Gasteiger partial charge in [-0.15, -0.1) is 0 Å². The summed E-state index contributed by atoms with van der Waals surface area (Å²) in [5, 5.41) is 2.96. The predicted octanol–water partition coefficient (Wildman–Crippen LogP) is 4.41. The normalized spacial score (nSPS) is 10.3. The van der Waals surface area contributed by atoms with Crippen LogP contribution in [0.2, 0.25) is 0 Å². The van der Waals surface area contributed by atoms with E-state index >= 15 is 0 Å². The Morgan fingerprint density at radius 3 is 2.64 bits per heavy atom. The van der Waals surface area contributed by atoms with Gasteiger partial charge in [-0.05, 0) is 62.1 Å². The van der Waals surface area contributed by atoms with Crippen LogP contribution in [0.15, 0.2) is 42.5 Å². The fourth-order valence-electron chi connectivity index (χ4n) is 2.23. The van der Waals surface area contributed by atoms with Crippen molar-refractivity contribution in [3.63, 3.8) is 0 Å². The van der Waals surface area contributed by atoms with E-state index in [-0.39, 0.29) is 5.91 Å². The van der Waals surface area contributed by atoms with Gasteiger partial charge < -0.3 is 10.1 Å². The van der Waals surface area contributed by atoms with E-state index < -0.39 is 0 Å². The molecule has 22 heavy (non-hydrogen) atoms. The van der Waals surface area contributed by atoms with E-state index in [0.717, 1.165) is 17.0 Å². The summed E-state index contributed by atoms with van der Waals surface area (Å²) in [6.07, 6.45) is 1.16. The zero-order valence-corrected chi connectivity index (χ0v) is 13.5. The molecule has 0 aliphatic rings. The van der Waals surface area contributed by atoms with Gasteiger partial charge in [0.1, 0.15) is 5.75 Å². The molecule has 0 saturated carbocycles. The number of ether oxygens (including phenoxy) is 1. The van der Waals surface area contributed by atoms with Crippen molar-refractivity contribution in [2.75, 3.05) is 11.9 Å². The Balaban J connectivity index is 1.75. The topological polar surface area (TPSA) is 38.3 Å². The Kier molecular flexibility index (Phi) is 5.59. The lowest BCUT2D eigenvalue weighted by molar-refractivity contribution is -0.116. The van der Waals surface area contributed by atoms with Gasteiger partial charge in [0.15, 0.2) is 0 Å². The molecule has 1 N–H and O–H groups in total. The number of hydrogen-bond donors (Lipinski definition) is 1. The third kappa shape index (κ3) is 4.62. The van der Waals surface area contributed by atoms with Crippen LogP contribution in [0.1, 0.15) is 29.5 Å². The van der Waals surface area contributed by atoms with Crippen LogP contribution in [0, 0.1) is 20.8 Å². The largest absolute Gasteiger partial charge is 0.494 e. The molecule has 0 aromatic heterocycles. The van der Waals surface area contributed by atoms with E-state index in [1.54, 1.807) is 0 Å². The Hall–Kier alpha value is -2.29. The van der Waals surface area contributed by atoms with Crippen LogP contribution in [0.3, 0.4) is 0 Å². The van der Waals surface area contributed by atoms with Crippen molar-refractivity contribution >= 4 is 11.6 Å². The summed E-state index contributed by atoms with van der Waals surface area (Å²) in [5.74, 6) is 0.886. The number of nitrogens with one attached hydrogen (secondary N) is 1. The molecular weight excluding hydrogens is 274 g/mol. The van der Waals surface area contributed by atoms with Gasteiger partial charge >= 0.3 is 0 Å². The molecule has 0 spiro atoms. The first-order valence-electron chi connectivity index (χ1n) is 7.62. The highest BCUT2D eigenvalue weighted by Gasteiger charge is 2.06. The number of benzene rings is 2. The maximum absolute atomic E-state index is 12.0. The molecular formula is C19H23NO2. The fourth-order valence-corrected chi connectivity index (χ4v) is 2.23. The summed E-state index contributed by atoms with van der Waals surface area (Å²) in [6, 6.07) is 13.9. The van der Waals surface area contributed by atoms with Crippen molar-refractivity contribution in [1.29, 1.82) is 0 Å². The van der Waals surface area contributed by atoms with Crippen molar-refractivity contribution in [2.45, 2.75) is 33.6 Å². The van der Waals surface area contributed by atoms with Gasteiger partial charge in [-0.1, -0.05) is 24.3 Å². The van der Waals surface area contributed by atoms with E-state index in [1.165, 1.54) is 11.1 Å². The molecule has 2 aromatic carbocycles. The van der Waals surface area contributed by atoms with Gasteiger partial charge in [0.25, 0.3) is 0 Å². The number of carbonyl (C=O) groups is 1. The monoisotopic (exact) mass is 297 g/mol. The molecule has 0 fully saturated rings. The van der Waals surface area contributed by atoms with Gasteiger partial charge in [0.2, 0.25) is 5.91 Å². The highest BCUT2D eigenvalue weighted by atomic mass is 16.5. The minimum Gasteiger partial charge on any atom is -0.494 e. The quantitative estimate of drug-likeness (QED) is 0.802. The van der Waals surface area contributed by atoms with Gasteiger partial charge in [-0.25, -0.2) is 0 Å². The van der Waals surface area contributed by atoms with Crippen LogP contribution in [0.4, 0.5) is 5.69 Å². The standard InChI is InChI=1S/C19H23NO2/c1-14-7-4-9-17(13-14)22-12-6-11-19(21)20-18-10-5-8-15(2)16(18)3/h4-5,7-10,13H,6,11-12H2,1-3H3,(H,20,21). The van der Waals surface area contributed by atoms with Crippen LogP contribution < -0.4 is 10.1 Å². The molecule has 0 radical (unpaired) electrons. The second-order valence-electron chi connectivity index (χ2n) is 5.56. The molecule has 3 heteroatoms. The van der Waals surface area contributed by atoms with Crippen molar-refractivity contribution in [3.05, 3.63) is 59.2 Å². The second kappa shape index (κ2) is 7.64. The third-order valence-electron chi connectivity index (χ3n) is 3.69. The van der Waals surface area contributed by atoms with E-state index in [9.17, 15) is 4.79 Å². The van der Waals surface area contributed by atoms with Crippen LogP contribution in [-0.2, 0) is 4.79 Å². The number of rotatable bonds is 6. The SMILES string of the molecule is Cc1cccc(OCCCC(=O)Nc2cccc(C)c2C)c1. The highest BCUT2D eigenvalue weighted by molar-refractivity contribution is 5.91. The first kappa shape index (κ1) is 16.1. The van der Waals surface area contributed by atoms with Crippen LogP contribution in [0.25, 0.3) is 0 Å². The number of carbonyl (C=O) groups excluding carboxylic acids is 1. The predicted molar refractivity (Wildman–Crippen MR) is 90.5 cm³/mol. The molecule has 0 saturated heterocycles. The molecule has 1 amide bonds. The molecule has 0 unspecified atom stereocenters. The molecule has 116 valence electrons. The second-order valence-corrected chi connectivity index (χ2v) is 5.56. The molecule has 0 aliphatic carbocycles. The maximum atomic E-state index is 12.0. The third-order valence-corrected chi connectivity index (χ3v) is 3.69.